The Morgan fingerprint density at radius 3 is 3.10 bits per heavy atom. The Hall–Kier alpha value is -1.26. The van der Waals surface area contributed by atoms with Crippen LogP contribution in [-0.2, 0) is 9.47 Å². The Balaban J connectivity index is 1.54. The topological polar surface area (TPSA) is 33.7 Å². The first-order valence-corrected chi connectivity index (χ1v) is 7.74. The Morgan fingerprint density at radius 1 is 1.25 bits per heavy atom. The van der Waals surface area contributed by atoms with Crippen LogP contribution in [0.15, 0.2) is 24.3 Å². The highest BCUT2D eigenvalue weighted by Gasteiger charge is 2.17. The molecule has 0 spiro atoms. The van der Waals surface area contributed by atoms with E-state index in [4.69, 9.17) is 9.47 Å². The quantitative estimate of drug-likeness (QED) is 0.917. The smallest absolute Gasteiger partial charge is 0.157 e. The van der Waals surface area contributed by atoms with Crippen LogP contribution in [0.5, 0.6) is 0 Å². The van der Waals surface area contributed by atoms with Gasteiger partial charge in [0.1, 0.15) is 0 Å². The number of para-hydroxylation sites is 2. The van der Waals surface area contributed by atoms with Gasteiger partial charge in [-0.15, -0.1) is 0 Å². The summed E-state index contributed by atoms with van der Waals surface area (Å²) < 4.78 is 11.5. The molecule has 1 fully saturated rings. The lowest BCUT2D eigenvalue weighted by atomic mass is 10.2. The van der Waals surface area contributed by atoms with Gasteiger partial charge in [-0.05, 0) is 37.8 Å². The van der Waals surface area contributed by atoms with Gasteiger partial charge in [0.05, 0.1) is 18.0 Å². The molecule has 0 radical (unpaired) electrons. The van der Waals surface area contributed by atoms with Crippen molar-refractivity contribution in [1.82, 2.24) is 0 Å². The Morgan fingerprint density at radius 2 is 2.20 bits per heavy atom. The largest absolute Gasteiger partial charge is 0.383 e. The zero-order valence-corrected chi connectivity index (χ0v) is 12.0. The van der Waals surface area contributed by atoms with Gasteiger partial charge >= 0.3 is 0 Å². The molecule has 0 aliphatic carbocycles. The highest BCUT2D eigenvalue weighted by Crippen LogP contribution is 2.27. The molecule has 3 rings (SSSR count). The van der Waals surface area contributed by atoms with Gasteiger partial charge < -0.3 is 19.7 Å². The normalized spacial score (nSPS) is 22.8. The molecule has 20 heavy (non-hydrogen) atoms. The van der Waals surface area contributed by atoms with Crippen molar-refractivity contribution in [1.29, 1.82) is 0 Å². The van der Waals surface area contributed by atoms with Crippen LogP contribution >= 0.6 is 0 Å². The van der Waals surface area contributed by atoms with E-state index in [0.29, 0.717) is 0 Å². The molecule has 4 heteroatoms. The first-order valence-electron chi connectivity index (χ1n) is 7.74. The van der Waals surface area contributed by atoms with Gasteiger partial charge in [-0.3, -0.25) is 0 Å². The van der Waals surface area contributed by atoms with Crippen molar-refractivity contribution in [3.05, 3.63) is 24.3 Å². The van der Waals surface area contributed by atoms with Gasteiger partial charge in [-0.25, -0.2) is 0 Å². The minimum absolute atomic E-state index is 0.0177. The fraction of sp³-hybridized carbons (Fsp3) is 0.625. The minimum Gasteiger partial charge on any atom is -0.383 e. The highest BCUT2D eigenvalue weighted by molar-refractivity contribution is 5.70. The van der Waals surface area contributed by atoms with Gasteiger partial charge in [0, 0.05) is 26.2 Å². The zero-order chi connectivity index (χ0) is 13.6. The predicted octanol–water partition coefficient (Wildman–Crippen LogP) is 2.85. The molecule has 1 saturated heterocycles. The lowest BCUT2D eigenvalue weighted by molar-refractivity contribution is -0.160. The number of benzene rings is 1. The molecule has 0 aromatic heterocycles. The molecule has 2 heterocycles. The Bertz CT molecular complexity index is 419. The van der Waals surface area contributed by atoms with E-state index >= 15 is 0 Å². The van der Waals surface area contributed by atoms with Crippen molar-refractivity contribution >= 4 is 11.4 Å². The number of nitrogens with one attached hydrogen (secondary N) is 1. The van der Waals surface area contributed by atoms with E-state index in [1.807, 2.05) is 0 Å². The van der Waals surface area contributed by atoms with Crippen molar-refractivity contribution < 1.29 is 9.47 Å². The van der Waals surface area contributed by atoms with Gasteiger partial charge in [-0.2, -0.15) is 0 Å². The predicted molar refractivity (Wildman–Crippen MR) is 81.3 cm³/mol. The van der Waals surface area contributed by atoms with E-state index < -0.39 is 0 Å². The summed E-state index contributed by atoms with van der Waals surface area (Å²) in [6, 6.07) is 8.52. The molecule has 1 aromatic rings. The van der Waals surface area contributed by atoms with Crippen molar-refractivity contribution in [3.63, 3.8) is 0 Å². The standard InChI is InChI=1S/C16H24N2O2/c1-2-7-15-14(6-1)17-9-5-10-18(15)11-13-20-16-8-3-4-12-19-16/h1-2,6-7,16-17H,3-5,8-13H2. The maximum absolute atomic E-state index is 5.86. The number of fused-ring (bicyclic) bond motifs is 1. The van der Waals surface area contributed by atoms with Crippen LogP contribution in [0.1, 0.15) is 25.7 Å². The molecule has 110 valence electrons. The van der Waals surface area contributed by atoms with Gasteiger partial charge in [-0.1, -0.05) is 12.1 Å². The third-order valence-corrected chi connectivity index (χ3v) is 3.97. The van der Waals surface area contributed by atoms with Crippen molar-refractivity contribution in [2.45, 2.75) is 32.0 Å². The molecule has 0 saturated carbocycles. The van der Waals surface area contributed by atoms with E-state index in [1.165, 1.54) is 24.2 Å². The molecule has 2 aliphatic rings. The summed E-state index contributed by atoms with van der Waals surface area (Å²) in [5.74, 6) is 0. The van der Waals surface area contributed by atoms with Crippen LogP contribution in [-0.4, -0.2) is 39.1 Å². The van der Waals surface area contributed by atoms with Gasteiger partial charge in [0.2, 0.25) is 0 Å². The highest BCUT2D eigenvalue weighted by atomic mass is 16.7. The molecule has 0 bridgehead atoms. The molecular formula is C16H24N2O2. The summed E-state index contributed by atoms with van der Waals surface area (Å²) in [6.07, 6.45) is 4.61. The van der Waals surface area contributed by atoms with Crippen molar-refractivity contribution in [2.24, 2.45) is 0 Å². The average Bonchev–Trinajstić information content (AvgIpc) is 2.71. The third-order valence-electron chi connectivity index (χ3n) is 3.97. The molecular weight excluding hydrogens is 252 g/mol. The number of rotatable bonds is 4. The number of nitrogens with zero attached hydrogens (tertiary/aromatic N) is 1. The summed E-state index contributed by atoms with van der Waals surface area (Å²) in [7, 11) is 0. The third kappa shape index (κ3) is 3.44. The molecule has 1 unspecified atom stereocenters. The van der Waals surface area contributed by atoms with Gasteiger partial charge in [0.15, 0.2) is 6.29 Å². The van der Waals surface area contributed by atoms with Crippen LogP contribution in [0.25, 0.3) is 0 Å². The SMILES string of the molecule is c1ccc2c(c1)NCCCN2CCOC1CCCCO1. The second-order valence-corrected chi connectivity index (χ2v) is 5.45. The molecule has 0 amide bonds. The molecule has 1 aromatic carbocycles. The van der Waals surface area contributed by atoms with Crippen LogP contribution in [0.4, 0.5) is 11.4 Å². The van der Waals surface area contributed by atoms with E-state index in [9.17, 15) is 0 Å². The second kappa shape index (κ2) is 6.95. The summed E-state index contributed by atoms with van der Waals surface area (Å²) in [6.45, 7) is 4.64. The van der Waals surface area contributed by atoms with Crippen LogP contribution in [0.3, 0.4) is 0 Å². The minimum atomic E-state index is 0.0177. The molecule has 1 N–H and O–H groups in total. The van der Waals surface area contributed by atoms with Gasteiger partial charge in [0.25, 0.3) is 0 Å². The Kier molecular flexibility index (Phi) is 4.77. The van der Waals surface area contributed by atoms with E-state index in [1.54, 1.807) is 0 Å². The summed E-state index contributed by atoms with van der Waals surface area (Å²) in [5, 5.41) is 3.49. The van der Waals surface area contributed by atoms with E-state index in [-0.39, 0.29) is 6.29 Å². The fourth-order valence-electron chi connectivity index (χ4n) is 2.88. The van der Waals surface area contributed by atoms with E-state index in [2.05, 4.69) is 34.5 Å². The summed E-state index contributed by atoms with van der Waals surface area (Å²) in [4.78, 5) is 2.41. The molecule has 1 atom stereocenters. The number of hydrogen-bond donors (Lipinski definition) is 1. The first-order chi connectivity index (χ1) is 9.93. The molecule has 2 aliphatic heterocycles. The lowest BCUT2D eigenvalue weighted by Gasteiger charge is -2.27. The van der Waals surface area contributed by atoms with Crippen LogP contribution in [0, 0.1) is 0 Å². The monoisotopic (exact) mass is 276 g/mol. The summed E-state index contributed by atoms with van der Waals surface area (Å²) in [5.41, 5.74) is 2.53. The zero-order valence-electron chi connectivity index (χ0n) is 12.0. The fourth-order valence-corrected chi connectivity index (χ4v) is 2.88. The van der Waals surface area contributed by atoms with Crippen LogP contribution < -0.4 is 10.2 Å². The number of hydrogen-bond acceptors (Lipinski definition) is 4. The average molecular weight is 276 g/mol. The Labute approximate surface area is 121 Å². The van der Waals surface area contributed by atoms with Crippen LogP contribution in [0.2, 0.25) is 0 Å². The van der Waals surface area contributed by atoms with E-state index in [0.717, 1.165) is 45.7 Å². The van der Waals surface area contributed by atoms with Crippen molar-refractivity contribution in [3.8, 4) is 0 Å². The summed E-state index contributed by atoms with van der Waals surface area (Å²) >= 11 is 0. The van der Waals surface area contributed by atoms with Crippen molar-refractivity contribution in [2.75, 3.05) is 43.1 Å². The molecule has 4 nitrogen and oxygen atoms in total. The maximum Gasteiger partial charge on any atom is 0.157 e. The maximum atomic E-state index is 5.86. The number of anilines is 2. The first kappa shape index (κ1) is 13.7. The second-order valence-electron chi connectivity index (χ2n) is 5.45. The number of ether oxygens (including phenoxy) is 2. The lowest BCUT2D eigenvalue weighted by Crippen LogP contribution is -2.31.